The van der Waals surface area contributed by atoms with Crippen molar-refractivity contribution in [2.45, 2.75) is 17.7 Å². The second kappa shape index (κ2) is 8.87. The molecule has 0 unspecified atom stereocenters. The highest BCUT2D eigenvalue weighted by Crippen LogP contribution is 2.17. The molecule has 25 heavy (non-hydrogen) atoms. The monoisotopic (exact) mass is 381 g/mol. The highest BCUT2D eigenvalue weighted by atomic mass is 35.5. The number of nitrogens with one attached hydrogen (secondary N) is 1. The Labute approximate surface area is 152 Å². The van der Waals surface area contributed by atoms with Gasteiger partial charge in [0.05, 0.1) is 17.8 Å². The maximum atomic E-state index is 12.2. The molecule has 1 amide bonds. The van der Waals surface area contributed by atoms with Gasteiger partial charge in [-0.3, -0.25) is 4.79 Å². The minimum absolute atomic E-state index is 0.0859. The summed E-state index contributed by atoms with van der Waals surface area (Å²) in [5.74, 6) is 0.236. The lowest BCUT2D eigenvalue weighted by Gasteiger charge is -2.07. The summed E-state index contributed by atoms with van der Waals surface area (Å²) in [6, 6.07) is 13.6. The van der Waals surface area contributed by atoms with Gasteiger partial charge in [-0.25, -0.2) is 8.42 Å². The number of benzene rings is 2. The fraction of sp³-hybridized carbons (Fsp3) is 0.278. The second-order valence-corrected chi connectivity index (χ2v) is 8.02. The minimum atomic E-state index is -3.52. The van der Waals surface area contributed by atoms with E-state index in [9.17, 15) is 13.2 Å². The number of ether oxygens (including phenoxy) is 1. The molecule has 0 fully saturated rings. The Bertz CT molecular complexity index is 819. The van der Waals surface area contributed by atoms with Crippen molar-refractivity contribution in [3.8, 4) is 5.75 Å². The summed E-state index contributed by atoms with van der Waals surface area (Å²) in [5, 5.41) is 3.09. The van der Waals surface area contributed by atoms with Gasteiger partial charge in [-0.15, -0.1) is 0 Å². The van der Waals surface area contributed by atoms with Crippen LogP contribution >= 0.6 is 11.6 Å². The molecule has 1 N–H and O–H groups in total. The van der Waals surface area contributed by atoms with Gasteiger partial charge in [0.1, 0.15) is 5.75 Å². The third-order valence-electron chi connectivity index (χ3n) is 3.65. The van der Waals surface area contributed by atoms with Crippen LogP contribution in [0.4, 0.5) is 0 Å². The predicted molar refractivity (Wildman–Crippen MR) is 97.8 cm³/mol. The number of hydrogen-bond donors (Lipinski definition) is 1. The van der Waals surface area contributed by atoms with Gasteiger partial charge < -0.3 is 10.1 Å². The van der Waals surface area contributed by atoms with Crippen molar-refractivity contribution in [3.05, 3.63) is 59.1 Å². The van der Waals surface area contributed by atoms with Crippen molar-refractivity contribution in [2.75, 3.05) is 19.4 Å². The average Bonchev–Trinajstić information content (AvgIpc) is 2.61. The van der Waals surface area contributed by atoms with E-state index < -0.39 is 9.84 Å². The predicted octanol–water partition coefficient (Wildman–Crippen LogP) is 2.87. The van der Waals surface area contributed by atoms with Gasteiger partial charge in [-0.05, 0) is 42.3 Å². The van der Waals surface area contributed by atoms with Gasteiger partial charge in [0, 0.05) is 18.0 Å². The summed E-state index contributed by atoms with van der Waals surface area (Å²) in [7, 11) is -1.92. The lowest BCUT2D eigenvalue weighted by molar-refractivity contribution is -0.120. The van der Waals surface area contributed by atoms with E-state index in [2.05, 4.69) is 5.32 Å². The molecule has 0 spiro atoms. The lowest BCUT2D eigenvalue weighted by atomic mass is 10.1. The van der Waals surface area contributed by atoms with E-state index >= 15 is 0 Å². The zero-order valence-corrected chi connectivity index (χ0v) is 15.4. The van der Waals surface area contributed by atoms with Crippen LogP contribution in [0.1, 0.15) is 12.0 Å². The zero-order valence-electron chi connectivity index (χ0n) is 13.9. The number of carbonyl (C=O) groups excluding carboxylic acids is 1. The van der Waals surface area contributed by atoms with Crippen LogP contribution in [0.5, 0.6) is 5.75 Å². The van der Waals surface area contributed by atoms with Crippen molar-refractivity contribution in [2.24, 2.45) is 0 Å². The molecule has 2 aromatic carbocycles. The van der Waals surface area contributed by atoms with Crippen molar-refractivity contribution in [1.29, 1.82) is 0 Å². The molecule has 0 radical (unpaired) electrons. The quantitative estimate of drug-likeness (QED) is 0.763. The Kier molecular flexibility index (Phi) is 6.84. The first-order valence-electron chi connectivity index (χ1n) is 7.79. The van der Waals surface area contributed by atoms with Crippen LogP contribution in [0, 0.1) is 0 Å². The van der Waals surface area contributed by atoms with Gasteiger partial charge >= 0.3 is 0 Å². The van der Waals surface area contributed by atoms with Crippen LogP contribution in [0.3, 0.4) is 0 Å². The summed E-state index contributed by atoms with van der Waals surface area (Å²) in [4.78, 5) is 12.0. The number of sulfone groups is 1. The molecule has 2 rings (SSSR count). The molecule has 0 aliphatic rings. The Morgan fingerprint density at radius 1 is 1.16 bits per heavy atom. The van der Waals surface area contributed by atoms with Crippen LogP contribution in [-0.2, 0) is 21.1 Å². The third kappa shape index (κ3) is 6.07. The normalized spacial score (nSPS) is 11.1. The number of carbonyl (C=O) groups is 1. The Hall–Kier alpha value is -2.05. The van der Waals surface area contributed by atoms with Gasteiger partial charge in [-0.2, -0.15) is 0 Å². The van der Waals surface area contributed by atoms with Crippen LogP contribution in [0.2, 0.25) is 5.02 Å². The topological polar surface area (TPSA) is 72.5 Å². The van der Waals surface area contributed by atoms with Crippen LogP contribution < -0.4 is 10.1 Å². The zero-order chi connectivity index (χ0) is 18.3. The molecule has 134 valence electrons. The Morgan fingerprint density at radius 2 is 1.88 bits per heavy atom. The highest BCUT2D eigenvalue weighted by Gasteiger charge is 2.16. The number of halogens is 1. The maximum Gasteiger partial charge on any atom is 0.221 e. The van der Waals surface area contributed by atoms with Gasteiger partial charge in [0.15, 0.2) is 9.84 Å². The van der Waals surface area contributed by atoms with Crippen LogP contribution in [0.25, 0.3) is 0 Å². The maximum absolute atomic E-state index is 12.2. The fourth-order valence-corrected chi connectivity index (χ4v) is 3.77. The SMILES string of the molecule is COc1ccc(CCNC(=O)CCS(=O)(=O)c2cccc(Cl)c2)cc1. The van der Waals surface area contributed by atoms with E-state index in [1.807, 2.05) is 24.3 Å². The fourth-order valence-electron chi connectivity index (χ4n) is 2.23. The van der Waals surface area contributed by atoms with Crippen molar-refractivity contribution in [3.63, 3.8) is 0 Å². The number of hydrogen-bond acceptors (Lipinski definition) is 4. The minimum Gasteiger partial charge on any atom is -0.497 e. The Morgan fingerprint density at radius 3 is 2.52 bits per heavy atom. The average molecular weight is 382 g/mol. The number of rotatable bonds is 8. The van der Waals surface area contributed by atoms with Crippen LogP contribution in [0.15, 0.2) is 53.4 Å². The smallest absolute Gasteiger partial charge is 0.221 e. The molecule has 0 heterocycles. The summed E-state index contributed by atoms with van der Waals surface area (Å²) >= 11 is 5.81. The largest absolute Gasteiger partial charge is 0.497 e. The summed E-state index contributed by atoms with van der Waals surface area (Å²) in [6.07, 6.45) is 0.578. The van der Waals surface area contributed by atoms with E-state index in [1.165, 1.54) is 12.1 Å². The molecule has 0 bridgehead atoms. The summed E-state index contributed by atoms with van der Waals surface area (Å²) in [6.45, 7) is 0.447. The Balaban J connectivity index is 1.78. The molecular weight excluding hydrogens is 362 g/mol. The van der Waals surface area contributed by atoms with Crippen LogP contribution in [-0.4, -0.2) is 33.7 Å². The van der Waals surface area contributed by atoms with E-state index in [0.29, 0.717) is 18.0 Å². The molecule has 5 nitrogen and oxygen atoms in total. The highest BCUT2D eigenvalue weighted by molar-refractivity contribution is 7.91. The van der Waals surface area contributed by atoms with Crippen molar-refractivity contribution >= 4 is 27.3 Å². The lowest BCUT2D eigenvalue weighted by Crippen LogP contribution is -2.27. The third-order valence-corrected chi connectivity index (χ3v) is 5.60. The molecule has 0 atom stereocenters. The van der Waals surface area contributed by atoms with E-state index in [0.717, 1.165) is 11.3 Å². The second-order valence-electron chi connectivity index (χ2n) is 5.47. The molecule has 0 aromatic heterocycles. The number of amides is 1. The first-order valence-corrected chi connectivity index (χ1v) is 9.82. The van der Waals surface area contributed by atoms with E-state index in [4.69, 9.17) is 16.3 Å². The van der Waals surface area contributed by atoms with Gasteiger partial charge in [-0.1, -0.05) is 29.8 Å². The molecule has 0 saturated carbocycles. The number of methoxy groups -OCH3 is 1. The van der Waals surface area contributed by atoms with Crippen molar-refractivity contribution < 1.29 is 17.9 Å². The molecule has 0 aliphatic carbocycles. The first kappa shape index (κ1) is 19.3. The molecule has 7 heteroatoms. The van der Waals surface area contributed by atoms with Gasteiger partial charge in [0.25, 0.3) is 0 Å². The molecule has 0 aliphatic heterocycles. The first-order chi connectivity index (χ1) is 11.9. The van der Waals surface area contributed by atoms with E-state index in [1.54, 1.807) is 19.2 Å². The molecule has 0 saturated heterocycles. The molecular formula is C18H20ClNO4S. The summed E-state index contributed by atoms with van der Waals surface area (Å²) in [5.41, 5.74) is 1.06. The van der Waals surface area contributed by atoms with Crippen molar-refractivity contribution in [1.82, 2.24) is 5.32 Å². The standard InChI is InChI=1S/C18H20ClNO4S/c1-24-16-7-5-14(6-8-16)9-11-20-18(21)10-12-25(22,23)17-4-2-3-15(19)13-17/h2-8,13H,9-12H2,1H3,(H,20,21). The summed E-state index contributed by atoms with van der Waals surface area (Å²) < 4.78 is 29.5. The van der Waals surface area contributed by atoms with E-state index in [-0.39, 0.29) is 23.0 Å². The van der Waals surface area contributed by atoms with Gasteiger partial charge in [0.2, 0.25) is 5.91 Å². The molecule has 2 aromatic rings.